The van der Waals surface area contributed by atoms with Crippen molar-refractivity contribution in [2.24, 2.45) is 0 Å². The Morgan fingerprint density at radius 1 is 1.22 bits per heavy atom. The van der Waals surface area contributed by atoms with Crippen molar-refractivity contribution in [3.63, 3.8) is 0 Å². The normalized spacial score (nSPS) is 20.0. The second-order valence-corrected chi connectivity index (χ2v) is 5.78. The lowest BCUT2D eigenvalue weighted by molar-refractivity contribution is -0.154. The van der Waals surface area contributed by atoms with Crippen molar-refractivity contribution < 1.29 is 23.8 Å². The van der Waals surface area contributed by atoms with E-state index in [-0.39, 0.29) is 18.3 Å². The second-order valence-electron chi connectivity index (χ2n) is 5.78. The van der Waals surface area contributed by atoms with Crippen molar-refractivity contribution in [1.82, 2.24) is 4.90 Å². The van der Waals surface area contributed by atoms with Gasteiger partial charge in [0.1, 0.15) is 19.3 Å². The van der Waals surface area contributed by atoms with Crippen LogP contribution in [0, 0.1) is 0 Å². The largest absolute Gasteiger partial charge is 0.486 e. The van der Waals surface area contributed by atoms with E-state index in [1.807, 2.05) is 18.2 Å². The third kappa shape index (κ3) is 3.41. The number of esters is 1. The first-order chi connectivity index (χ1) is 11.2. The number of hydrogen-bond donors (Lipinski definition) is 0. The van der Waals surface area contributed by atoms with Gasteiger partial charge in [0, 0.05) is 6.54 Å². The Morgan fingerprint density at radius 3 is 2.78 bits per heavy atom. The molecule has 1 atom stereocenters. The van der Waals surface area contributed by atoms with Gasteiger partial charge in [-0.3, -0.25) is 4.79 Å². The van der Waals surface area contributed by atoms with Gasteiger partial charge >= 0.3 is 5.97 Å². The van der Waals surface area contributed by atoms with E-state index in [1.165, 1.54) is 7.11 Å². The number of amides is 1. The molecule has 124 valence electrons. The summed E-state index contributed by atoms with van der Waals surface area (Å²) in [6, 6.07) is 5.07. The van der Waals surface area contributed by atoms with Crippen LogP contribution in [0.3, 0.4) is 0 Å². The maximum Gasteiger partial charge on any atom is 0.328 e. The Bertz CT molecular complexity index is 601. The molecule has 6 nitrogen and oxygen atoms in total. The van der Waals surface area contributed by atoms with Crippen molar-refractivity contribution in [2.45, 2.75) is 31.7 Å². The summed E-state index contributed by atoms with van der Waals surface area (Å²) in [5.74, 6) is 0.986. The van der Waals surface area contributed by atoms with Crippen LogP contribution in [-0.4, -0.2) is 49.7 Å². The number of ether oxygens (including phenoxy) is 3. The van der Waals surface area contributed by atoms with Gasteiger partial charge in [0.15, 0.2) is 11.5 Å². The van der Waals surface area contributed by atoms with Crippen LogP contribution in [0.4, 0.5) is 0 Å². The zero-order chi connectivity index (χ0) is 16.2. The summed E-state index contributed by atoms with van der Waals surface area (Å²) in [5.41, 5.74) is 0.855. The summed E-state index contributed by atoms with van der Waals surface area (Å²) >= 11 is 0. The number of methoxy groups -OCH3 is 1. The highest BCUT2D eigenvalue weighted by atomic mass is 16.6. The number of hydrogen-bond acceptors (Lipinski definition) is 5. The predicted molar refractivity (Wildman–Crippen MR) is 82.5 cm³/mol. The van der Waals surface area contributed by atoms with Gasteiger partial charge in [-0.1, -0.05) is 6.07 Å². The molecule has 0 bridgehead atoms. The van der Waals surface area contributed by atoms with Gasteiger partial charge in [0.2, 0.25) is 5.91 Å². The average Bonchev–Trinajstić information content (AvgIpc) is 2.61. The van der Waals surface area contributed by atoms with Crippen molar-refractivity contribution >= 4 is 11.9 Å². The summed E-state index contributed by atoms with van der Waals surface area (Å²) in [4.78, 5) is 26.1. The summed E-state index contributed by atoms with van der Waals surface area (Å²) < 4.78 is 15.9. The molecule has 1 amide bonds. The number of carbonyl (C=O) groups excluding carboxylic acids is 2. The highest BCUT2D eigenvalue weighted by Gasteiger charge is 2.32. The molecule has 1 saturated heterocycles. The lowest BCUT2D eigenvalue weighted by Crippen LogP contribution is -2.49. The highest BCUT2D eigenvalue weighted by molar-refractivity contribution is 5.86. The minimum atomic E-state index is -0.460. The zero-order valence-electron chi connectivity index (χ0n) is 13.2. The van der Waals surface area contributed by atoms with Crippen molar-refractivity contribution in [3.05, 3.63) is 23.8 Å². The van der Waals surface area contributed by atoms with E-state index < -0.39 is 6.04 Å². The van der Waals surface area contributed by atoms with E-state index in [9.17, 15) is 9.59 Å². The van der Waals surface area contributed by atoms with E-state index in [1.54, 1.807) is 4.90 Å². The highest BCUT2D eigenvalue weighted by Crippen LogP contribution is 2.31. The number of carbonyl (C=O) groups is 2. The first kappa shape index (κ1) is 15.6. The van der Waals surface area contributed by atoms with Gasteiger partial charge in [-0.25, -0.2) is 4.79 Å². The molecule has 0 N–H and O–H groups in total. The van der Waals surface area contributed by atoms with Gasteiger partial charge in [-0.15, -0.1) is 0 Å². The van der Waals surface area contributed by atoms with E-state index in [4.69, 9.17) is 14.2 Å². The third-order valence-corrected chi connectivity index (χ3v) is 4.26. The Hall–Kier alpha value is -2.24. The molecule has 1 aromatic rings. The van der Waals surface area contributed by atoms with Crippen molar-refractivity contribution in [2.75, 3.05) is 26.9 Å². The fourth-order valence-corrected chi connectivity index (χ4v) is 3.09. The van der Waals surface area contributed by atoms with Crippen LogP contribution >= 0.6 is 0 Å². The minimum absolute atomic E-state index is 0.0585. The Labute approximate surface area is 135 Å². The number of likely N-dealkylation sites (tertiary alicyclic amines) is 1. The van der Waals surface area contributed by atoms with Crippen LogP contribution in [0.15, 0.2) is 18.2 Å². The van der Waals surface area contributed by atoms with Crippen LogP contribution in [0.2, 0.25) is 0 Å². The zero-order valence-corrected chi connectivity index (χ0v) is 13.2. The Morgan fingerprint density at radius 2 is 2.00 bits per heavy atom. The molecule has 0 unspecified atom stereocenters. The molecular weight excluding hydrogens is 298 g/mol. The number of piperidine rings is 1. The molecule has 0 radical (unpaired) electrons. The van der Waals surface area contributed by atoms with Crippen LogP contribution in [0.25, 0.3) is 0 Å². The molecule has 0 aromatic heterocycles. The maximum atomic E-state index is 12.6. The standard InChI is InChI=1S/C17H21NO5/c1-21-17(20)13-4-2-3-7-18(13)16(19)11-12-5-6-14-15(10-12)23-9-8-22-14/h5-6,10,13H,2-4,7-9,11H2,1H3/t13-/m1/s1. The lowest BCUT2D eigenvalue weighted by atomic mass is 10.0. The fourth-order valence-electron chi connectivity index (χ4n) is 3.09. The van der Waals surface area contributed by atoms with Crippen LogP contribution in [-0.2, 0) is 20.7 Å². The minimum Gasteiger partial charge on any atom is -0.486 e. The van der Waals surface area contributed by atoms with Gasteiger partial charge in [0.05, 0.1) is 13.5 Å². The fraction of sp³-hybridized carbons (Fsp3) is 0.529. The van der Waals surface area contributed by atoms with Gasteiger partial charge < -0.3 is 19.1 Å². The number of nitrogens with zero attached hydrogens (tertiary/aromatic N) is 1. The molecule has 6 heteroatoms. The van der Waals surface area contributed by atoms with Crippen LogP contribution in [0.5, 0.6) is 11.5 Å². The maximum absolute atomic E-state index is 12.6. The Balaban J connectivity index is 1.71. The first-order valence-corrected chi connectivity index (χ1v) is 7.95. The first-order valence-electron chi connectivity index (χ1n) is 7.95. The molecule has 0 aliphatic carbocycles. The molecule has 1 aromatic carbocycles. The van der Waals surface area contributed by atoms with E-state index in [0.29, 0.717) is 37.7 Å². The summed E-state index contributed by atoms with van der Waals surface area (Å²) in [7, 11) is 1.36. The molecule has 0 saturated carbocycles. The summed E-state index contributed by atoms with van der Waals surface area (Å²) in [6.45, 7) is 1.66. The van der Waals surface area contributed by atoms with Gasteiger partial charge in [0.25, 0.3) is 0 Å². The molecule has 2 aliphatic heterocycles. The summed E-state index contributed by atoms with van der Waals surface area (Å²) in [6.07, 6.45) is 2.76. The predicted octanol–water partition coefficient (Wildman–Crippen LogP) is 1.55. The van der Waals surface area contributed by atoms with Crippen LogP contribution < -0.4 is 9.47 Å². The molecule has 2 aliphatic rings. The number of rotatable bonds is 3. The second kappa shape index (κ2) is 6.89. The van der Waals surface area contributed by atoms with Gasteiger partial charge in [-0.05, 0) is 37.0 Å². The van der Waals surface area contributed by atoms with Gasteiger partial charge in [-0.2, -0.15) is 0 Å². The van der Waals surface area contributed by atoms with E-state index in [2.05, 4.69) is 0 Å². The van der Waals surface area contributed by atoms with Crippen LogP contribution in [0.1, 0.15) is 24.8 Å². The molecule has 2 heterocycles. The summed E-state index contributed by atoms with van der Waals surface area (Å²) in [5, 5.41) is 0. The van der Waals surface area contributed by atoms with Crippen molar-refractivity contribution in [1.29, 1.82) is 0 Å². The third-order valence-electron chi connectivity index (χ3n) is 4.26. The average molecular weight is 319 g/mol. The molecule has 0 spiro atoms. The van der Waals surface area contributed by atoms with Crippen molar-refractivity contribution in [3.8, 4) is 11.5 Å². The monoisotopic (exact) mass is 319 g/mol. The lowest BCUT2D eigenvalue weighted by Gasteiger charge is -2.34. The molecular formula is C17H21NO5. The number of benzene rings is 1. The topological polar surface area (TPSA) is 65.1 Å². The molecule has 1 fully saturated rings. The smallest absolute Gasteiger partial charge is 0.328 e. The van der Waals surface area contributed by atoms with E-state index in [0.717, 1.165) is 18.4 Å². The Kier molecular flexibility index (Phi) is 4.69. The number of fused-ring (bicyclic) bond motifs is 1. The molecule has 3 rings (SSSR count). The van der Waals surface area contributed by atoms with E-state index >= 15 is 0 Å². The SMILES string of the molecule is COC(=O)[C@H]1CCCCN1C(=O)Cc1ccc2c(c1)OCCO2. The quantitative estimate of drug-likeness (QED) is 0.791. The molecule has 23 heavy (non-hydrogen) atoms.